The van der Waals surface area contributed by atoms with Gasteiger partial charge >= 0.3 is 5.97 Å². The number of carbonyl (C=O) groups is 2. The van der Waals surface area contributed by atoms with Crippen LogP contribution in [-0.4, -0.2) is 178 Å². The molecule has 19 heteroatoms. The first-order chi connectivity index (χ1) is 33.9. The number of hydrogen-bond acceptors (Lipinski definition) is 18. The van der Waals surface area contributed by atoms with Crippen molar-refractivity contribution in [2.24, 2.45) is 29.4 Å². The van der Waals surface area contributed by atoms with Crippen LogP contribution in [0.2, 0.25) is 0 Å². The summed E-state index contributed by atoms with van der Waals surface area (Å²) in [6, 6.07) is -1.84. The number of fused-ring (bicyclic) bond motifs is 2. The second-order valence-electron chi connectivity index (χ2n) is 20.2. The highest BCUT2D eigenvalue weighted by molar-refractivity contribution is 5.80. The number of aliphatic hydroxyl groups excluding tert-OH is 10. The predicted molar refractivity (Wildman–Crippen MR) is 268 cm³/mol. The molecule has 0 aliphatic carbocycles. The van der Waals surface area contributed by atoms with Gasteiger partial charge in [0.2, 0.25) is 5.91 Å². The molecular weight excluding hydrogens is 937 g/mol. The van der Waals surface area contributed by atoms with Gasteiger partial charge in [-0.1, -0.05) is 113 Å². The Morgan fingerprint density at radius 2 is 1.31 bits per heavy atom. The summed E-state index contributed by atoms with van der Waals surface area (Å²) in [7, 11) is 0. The van der Waals surface area contributed by atoms with Crippen LogP contribution in [0.3, 0.4) is 0 Å². The van der Waals surface area contributed by atoms with Crippen molar-refractivity contribution in [3.05, 3.63) is 85.1 Å². The number of cyclic esters (lactones) is 1. The molecule has 19 nitrogen and oxygen atoms in total. The quantitative estimate of drug-likeness (QED) is 0.159. The lowest BCUT2D eigenvalue weighted by atomic mass is 9.82. The summed E-state index contributed by atoms with van der Waals surface area (Å²) < 4.78 is 23.8. The zero-order chi connectivity index (χ0) is 53.7. The Bertz CT molecular complexity index is 1820. The van der Waals surface area contributed by atoms with E-state index in [0.29, 0.717) is 6.42 Å². The minimum Gasteiger partial charge on any atom is -0.462 e. The summed E-state index contributed by atoms with van der Waals surface area (Å²) in [4.78, 5) is 26.7. The minimum atomic E-state index is -2.31. The summed E-state index contributed by atoms with van der Waals surface area (Å²) in [6.45, 7) is 10.2. The maximum atomic E-state index is 14.0. The Hall–Kier alpha value is -3.48. The average molecular weight is 1020 g/mol. The van der Waals surface area contributed by atoms with E-state index in [4.69, 9.17) is 24.7 Å². The van der Waals surface area contributed by atoms with E-state index in [1.54, 1.807) is 75.5 Å². The number of aliphatic hydroxyl groups is 11. The first-order valence-electron chi connectivity index (χ1n) is 25.3. The Labute approximate surface area is 424 Å². The van der Waals surface area contributed by atoms with Crippen molar-refractivity contribution in [3.63, 3.8) is 0 Å². The summed E-state index contributed by atoms with van der Waals surface area (Å²) >= 11 is 0. The normalized spacial score (nSPS) is 42.7. The van der Waals surface area contributed by atoms with E-state index < -0.39 is 160 Å². The van der Waals surface area contributed by atoms with Crippen molar-refractivity contribution in [2.75, 3.05) is 6.61 Å². The number of ether oxygens (including phenoxy) is 4. The zero-order valence-electron chi connectivity index (χ0n) is 42.6. The maximum Gasteiger partial charge on any atom is 0.308 e. The lowest BCUT2D eigenvalue weighted by Crippen LogP contribution is -2.62. The predicted octanol–water partition coefficient (Wildman–Crippen LogP) is 1.15. The highest BCUT2D eigenvalue weighted by Crippen LogP contribution is 2.38. The lowest BCUT2D eigenvalue weighted by Gasteiger charge is -2.46. The monoisotopic (exact) mass is 1020 g/mol. The van der Waals surface area contributed by atoms with Gasteiger partial charge in [-0.15, -0.1) is 0 Å². The lowest BCUT2D eigenvalue weighted by molar-refractivity contribution is -0.307. The number of rotatable bonds is 7. The highest BCUT2D eigenvalue weighted by Gasteiger charge is 2.51. The van der Waals surface area contributed by atoms with Crippen molar-refractivity contribution in [1.82, 2.24) is 5.32 Å². The smallest absolute Gasteiger partial charge is 0.308 e. The fraction of sp³-hybridized carbons (Fsp3) is 0.698. The standard InChI is InChI=1S/C53H86N2O17/c1-31(2)23-36(30-56)55-51(67)46-43(62)29-53(68)28-39(59)25-42(61)41(60)22-21-37(57)24-38(58)26-45(63)69-34(5)33(4)48(64)32(3)19-17-15-13-11-9-7-8-10-12-14-16-18-20-40(27-44(46)72-53)71-52-50(66)47(54)49(65)35(6)70-52/h7-20,31-44,46-50,52,56-62,64-66,68H,21-30,54H2,1-6H3,(H,55,67)/b8-7+,11-9+,12-10+,15-13+,16-14+,19-17+,20-18+/t32-,33-,34-,35+,36-,37+,38+,39-,40-,41+,42+,43-,44-,46+,47-,48+,49+,50-,52-,53+/m0/s1. The van der Waals surface area contributed by atoms with Gasteiger partial charge in [-0.25, -0.2) is 0 Å². The molecule has 14 N–H and O–H groups in total. The van der Waals surface area contributed by atoms with Crippen LogP contribution in [0.5, 0.6) is 0 Å². The second-order valence-corrected chi connectivity index (χ2v) is 20.2. The highest BCUT2D eigenvalue weighted by atomic mass is 16.7. The van der Waals surface area contributed by atoms with E-state index in [1.165, 1.54) is 0 Å². The van der Waals surface area contributed by atoms with Gasteiger partial charge in [-0.3, -0.25) is 9.59 Å². The van der Waals surface area contributed by atoms with Crippen molar-refractivity contribution in [2.45, 2.75) is 203 Å². The summed E-state index contributed by atoms with van der Waals surface area (Å²) in [6.07, 6.45) is 4.51. The Morgan fingerprint density at radius 3 is 1.89 bits per heavy atom. The fourth-order valence-corrected chi connectivity index (χ4v) is 9.03. The SMILES string of the molecule is CC(C)C[C@@H](CO)NC(=O)[C@H]1[C@@H]2C[C@@H](O[C@@H]3O[C@H](C)[C@@H](O)[C@H](N)[C@@H]3O)/C=C/C=C/C=C/C=C/C=C/C=C/C=C/[C@H](C)[C@@H](O)[C@@H](C)[C@H](C)OC(=O)C[C@H](O)C[C@H](O)CC[C@@H](O)[C@H](O)C[C@H](O)C[C@](O)(C[C@@H]1O)O2. The molecule has 0 aromatic carbocycles. The number of nitrogens with two attached hydrogens (primary N) is 1. The third kappa shape index (κ3) is 21.4. The summed E-state index contributed by atoms with van der Waals surface area (Å²) in [5.74, 6) is -5.76. The molecule has 0 aromatic rings. The molecule has 0 aromatic heterocycles. The van der Waals surface area contributed by atoms with Crippen molar-refractivity contribution < 1.29 is 84.7 Å². The maximum absolute atomic E-state index is 14.0. The third-order valence-corrected chi connectivity index (χ3v) is 13.4. The van der Waals surface area contributed by atoms with E-state index in [9.17, 15) is 65.8 Å². The van der Waals surface area contributed by atoms with Crippen LogP contribution in [0.4, 0.5) is 0 Å². The molecule has 0 saturated carbocycles. The van der Waals surface area contributed by atoms with E-state index in [0.717, 1.165) is 0 Å². The number of esters is 1. The van der Waals surface area contributed by atoms with Gasteiger partial charge in [-0.2, -0.15) is 0 Å². The average Bonchev–Trinajstić information content (AvgIpc) is 3.29. The van der Waals surface area contributed by atoms with Crippen LogP contribution in [-0.2, 0) is 28.5 Å². The van der Waals surface area contributed by atoms with Gasteiger partial charge in [0.25, 0.3) is 0 Å². The van der Waals surface area contributed by atoms with E-state index >= 15 is 0 Å². The molecule has 0 radical (unpaired) electrons. The van der Waals surface area contributed by atoms with Crippen LogP contribution in [0.25, 0.3) is 0 Å². The van der Waals surface area contributed by atoms with Gasteiger partial charge in [0.1, 0.15) is 12.2 Å². The molecule has 0 unspecified atom stereocenters. The number of allylic oxidation sites excluding steroid dienone is 12. The van der Waals surface area contributed by atoms with Gasteiger partial charge in [-0.05, 0) is 45.4 Å². The molecule has 72 heavy (non-hydrogen) atoms. The number of hydrogen-bond donors (Lipinski definition) is 13. The summed E-state index contributed by atoms with van der Waals surface area (Å²) in [5.41, 5.74) is 6.12. The summed E-state index contributed by atoms with van der Waals surface area (Å²) in [5, 5.41) is 123. The van der Waals surface area contributed by atoms with Gasteiger partial charge in [0.05, 0.1) is 98.2 Å². The largest absolute Gasteiger partial charge is 0.462 e. The van der Waals surface area contributed by atoms with Gasteiger partial charge in [0.15, 0.2) is 12.1 Å². The Morgan fingerprint density at radius 1 is 0.722 bits per heavy atom. The molecule has 3 heterocycles. The van der Waals surface area contributed by atoms with Crippen molar-refractivity contribution in [1.29, 1.82) is 0 Å². The minimum absolute atomic E-state index is 0.0808. The topological polar surface area (TPSA) is 332 Å². The van der Waals surface area contributed by atoms with Crippen molar-refractivity contribution in [3.8, 4) is 0 Å². The molecule has 2 bridgehead atoms. The van der Waals surface area contributed by atoms with Gasteiger partial charge in [0, 0.05) is 37.5 Å². The molecule has 3 aliphatic rings. The molecule has 0 spiro atoms. The number of carbonyl (C=O) groups excluding carboxylic acids is 2. The molecule has 3 aliphatic heterocycles. The number of nitrogens with one attached hydrogen (secondary N) is 1. The molecular formula is C53H86N2O17. The molecule has 410 valence electrons. The zero-order valence-corrected chi connectivity index (χ0v) is 42.6. The number of amides is 1. The van der Waals surface area contributed by atoms with Crippen molar-refractivity contribution >= 4 is 11.9 Å². The van der Waals surface area contributed by atoms with Crippen LogP contribution in [0.1, 0.15) is 99.3 Å². The first-order valence-corrected chi connectivity index (χ1v) is 25.3. The van der Waals surface area contributed by atoms with Crippen LogP contribution < -0.4 is 11.1 Å². The molecule has 1 amide bonds. The van der Waals surface area contributed by atoms with Crippen LogP contribution in [0.15, 0.2) is 85.1 Å². The second kappa shape index (κ2) is 31.4. The Balaban J connectivity index is 1.96. The fourth-order valence-electron chi connectivity index (χ4n) is 9.03. The van der Waals surface area contributed by atoms with Crippen LogP contribution >= 0.6 is 0 Å². The van der Waals surface area contributed by atoms with Crippen LogP contribution in [0, 0.1) is 23.7 Å². The van der Waals surface area contributed by atoms with E-state index in [1.807, 2.05) is 51.2 Å². The molecule has 2 saturated heterocycles. The Kier molecular flexibility index (Phi) is 27.4. The molecule has 3 rings (SSSR count). The van der Waals surface area contributed by atoms with Gasteiger partial charge < -0.3 is 86.2 Å². The first kappa shape index (κ1) is 62.8. The molecule has 20 atom stereocenters. The molecule has 2 fully saturated rings. The van der Waals surface area contributed by atoms with E-state index in [-0.39, 0.29) is 37.5 Å². The third-order valence-electron chi connectivity index (χ3n) is 13.4. The van der Waals surface area contributed by atoms with E-state index in [2.05, 4.69) is 5.32 Å².